The second-order valence-corrected chi connectivity index (χ2v) is 6.73. The van der Waals surface area contributed by atoms with Crippen molar-refractivity contribution in [1.82, 2.24) is 0 Å². The SMILES string of the molecule is CCN(C)c1cccc(NC(=O)C(C)OC2CCCC(C)C2)c1. The average molecular weight is 318 g/mol. The van der Waals surface area contributed by atoms with E-state index in [-0.39, 0.29) is 12.0 Å². The normalized spacial score (nSPS) is 22.4. The molecule has 23 heavy (non-hydrogen) atoms. The van der Waals surface area contributed by atoms with Crippen LogP contribution < -0.4 is 10.2 Å². The summed E-state index contributed by atoms with van der Waals surface area (Å²) < 4.78 is 5.97. The second kappa shape index (κ2) is 8.34. The molecular formula is C19H30N2O2. The number of amides is 1. The summed E-state index contributed by atoms with van der Waals surface area (Å²) in [7, 11) is 2.04. The van der Waals surface area contributed by atoms with Crippen molar-refractivity contribution in [1.29, 1.82) is 0 Å². The largest absolute Gasteiger partial charge is 0.375 e. The molecule has 2 rings (SSSR count). The summed E-state index contributed by atoms with van der Waals surface area (Å²) in [6.07, 6.45) is 4.41. The lowest BCUT2D eigenvalue weighted by molar-refractivity contribution is -0.131. The summed E-state index contributed by atoms with van der Waals surface area (Å²) >= 11 is 0. The number of ether oxygens (including phenoxy) is 1. The van der Waals surface area contributed by atoms with Crippen molar-refractivity contribution < 1.29 is 9.53 Å². The van der Waals surface area contributed by atoms with Crippen molar-refractivity contribution in [3.8, 4) is 0 Å². The van der Waals surface area contributed by atoms with Gasteiger partial charge in [-0.25, -0.2) is 0 Å². The number of carbonyl (C=O) groups is 1. The number of benzene rings is 1. The van der Waals surface area contributed by atoms with E-state index in [1.807, 2.05) is 38.2 Å². The zero-order chi connectivity index (χ0) is 16.8. The quantitative estimate of drug-likeness (QED) is 0.860. The number of nitrogens with zero attached hydrogens (tertiary/aromatic N) is 1. The monoisotopic (exact) mass is 318 g/mol. The van der Waals surface area contributed by atoms with E-state index in [2.05, 4.69) is 24.1 Å². The summed E-state index contributed by atoms with van der Waals surface area (Å²) in [6, 6.07) is 7.92. The van der Waals surface area contributed by atoms with E-state index in [0.29, 0.717) is 5.92 Å². The summed E-state index contributed by atoms with van der Waals surface area (Å²) in [5.41, 5.74) is 1.92. The van der Waals surface area contributed by atoms with Gasteiger partial charge in [0.2, 0.25) is 0 Å². The fraction of sp³-hybridized carbons (Fsp3) is 0.632. The van der Waals surface area contributed by atoms with Crippen molar-refractivity contribution in [2.75, 3.05) is 23.8 Å². The van der Waals surface area contributed by atoms with E-state index in [1.165, 1.54) is 12.8 Å². The Balaban J connectivity index is 1.90. The van der Waals surface area contributed by atoms with Crippen LogP contribution >= 0.6 is 0 Å². The number of hydrogen-bond donors (Lipinski definition) is 1. The lowest BCUT2D eigenvalue weighted by Crippen LogP contribution is -2.33. The smallest absolute Gasteiger partial charge is 0.253 e. The van der Waals surface area contributed by atoms with Gasteiger partial charge in [0.25, 0.3) is 5.91 Å². The van der Waals surface area contributed by atoms with Crippen LogP contribution in [-0.4, -0.2) is 31.7 Å². The van der Waals surface area contributed by atoms with Crippen LogP contribution in [0.1, 0.15) is 46.5 Å². The van der Waals surface area contributed by atoms with E-state index < -0.39 is 6.10 Å². The van der Waals surface area contributed by atoms with Crippen molar-refractivity contribution in [3.05, 3.63) is 24.3 Å². The van der Waals surface area contributed by atoms with E-state index in [0.717, 1.165) is 30.8 Å². The molecule has 0 saturated heterocycles. The molecule has 1 N–H and O–H groups in total. The molecule has 1 aliphatic carbocycles. The van der Waals surface area contributed by atoms with Gasteiger partial charge in [-0.3, -0.25) is 4.79 Å². The van der Waals surface area contributed by atoms with E-state index in [4.69, 9.17) is 4.74 Å². The highest BCUT2D eigenvalue weighted by Gasteiger charge is 2.24. The van der Waals surface area contributed by atoms with Crippen LogP contribution in [0.3, 0.4) is 0 Å². The fourth-order valence-electron chi connectivity index (χ4n) is 3.10. The van der Waals surface area contributed by atoms with E-state index in [1.54, 1.807) is 0 Å². The Labute approximate surface area is 140 Å². The van der Waals surface area contributed by atoms with Gasteiger partial charge >= 0.3 is 0 Å². The minimum Gasteiger partial charge on any atom is -0.375 e. The molecular weight excluding hydrogens is 288 g/mol. The Morgan fingerprint density at radius 1 is 1.43 bits per heavy atom. The van der Waals surface area contributed by atoms with Crippen molar-refractivity contribution >= 4 is 17.3 Å². The molecule has 3 atom stereocenters. The number of anilines is 2. The van der Waals surface area contributed by atoms with Gasteiger partial charge in [0.1, 0.15) is 6.10 Å². The third-order valence-corrected chi connectivity index (χ3v) is 4.68. The van der Waals surface area contributed by atoms with E-state index >= 15 is 0 Å². The predicted octanol–water partition coefficient (Wildman–Crippen LogP) is 4.07. The first-order valence-corrected chi connectivity index (χ1v) is 8.77. The topological polar surface area (TPSA) is 41.6 Å². The van der Waals surface area contributed by atoms with Crippen LogP contribution in [0.15, 0.2) is 24.3 Å². The maximum absolute atomic E-state index is 12.4. The molecule has 0 heterocycles. The number of rotatable bonds is 6. The molecule has 0 aliphatic heterocycles. The third kappa shape index (κ3) is 5.24. The fourth-order valence-corrected chi connectivity index (χ4v) is 3.10. The number of carbonyl (C=O) groups excluding carboxylic acids is 1. The second-order valence-electron chi connectivity index (χ2n) is 6.73. The van der Waals surface area contributed by atoms with Crippen molar-refractivity contribution in [2.24, 2.45) is 5.92 Å². The van der Waals surface area contributed by atoms with Crippen molar-refractivity contribution in [2.45, 2.75) is 58.7 Å². The molecule has 0 spiro atoms. The molecule has 3 unspecified atom stereocenters. The highest BCUT2D eigenvalue weighted by molar-refractivity contribution is 5.94. The summed E-state index contributed by atoms with van der Waals surface area (Å²) in [6.45, 7) is 7.13. The summed E-state index contributed by atoms with van der Waals surface area (Å²) in [4.78, 5) is 14.5. The Kier molecular flexibility index (Phi) is 6.46. The van der Waals surface area contributed by atoms with Crippen LogP contribution in [0.4, 0.5) is 11.4 Å². The molecule has 1 aliphatic rings. The van der Waals surface area contributed by atoms with Gasteiger partial charge in [-0.1, -0.05) is 25.8 Å². The van der Waals surface area contributed by atoms with Crippen molar-refractivity contribution in [3.63, 3.8) is 0 Å². The van der Waals surface area contributed by atoms with Gasteiger partial charge in [0, 0.05) is 25.0 Å². The minimum atomic E-state index is -0.419. The molecule has 4 nitrogen and oxygen atoms in total. The highest BCUT2D eigenvalue weighted by atomic mass is 16.5. The summed E-state index contributed by atoms with van der Waals surface area (Å²) in [5, 5.41) is 2.97. The van der Waals surface area contributed by atoms with Gasteiger partial charge in [0.05, 0.1) is 6.10 Å². The maximum atomic E-state index is 12.4. The Hall–Kier alpha value is -1.55. The van der Waals surface area contributed by atoms with Gasteiger partial charge in [-0.2, -0.15) is 0 Å². The summed E-state index contributed by atoms with van der Waals surface area (Å²) in [5.74, 6) is 0.629. The Bertz CT molecular complexity index is 518. The molecule has 0 aromatic heterocycles. The van der Waals surface area contributed by atoms with Gasteiger partial charge < -0.3 is 15.0 Å². The van der Waals surface area contributed by atoms with Gasteiger partial charge in [-0.15, -0.1) is 0 Å². The molecule has 0 radical (unpaired) electrons. The molecule has 1 aromatic carbocycles. The first kappa shape index (κ1) is 17.8. The first-order chi connectivity index (χ1) is 11.0. The Morgan fingerprint density at radius 3 is 2.91 bits per heavy atom. The van der Waals surface area contributed by atoms with Crippen LogP contribution in [0.5, 0.6) is 0 Å². The lowest BCUT2D eigenvalue weighted by Gasteiger charge is -2.29. The molecule has 128 valence electrons. The number of nitrogens with one attached hydrogen (secondary N) is 1. The molecule has 4 heteroatoms. The van der Waals surface area contributed by atoms with Crippen LogP contribution in [0.25, 0.3) is 0 Å². The third-order valence-electron chi connectivity index (χ3n) is 4.68. The molecule has 1 aromatic rings. The lowest BCUT2D eigenvalue weighted by atomic mass is 9.88. The van der Waals surface area contributed by atoms with Crippen LogP contribution in [0, 0.1) is 5.92 Å². The van der Waals surface area contributed by atoms with Crippen LogP contribution in [-0.2, 0) is 9.53 Å². The maximum Gasteiger partial charge on any atom is 0.253 e. The first-order valence-electron chi connectivity index (χ1n) is 8.77. The minimum absolute atomic E-state index is 0.0699. The van der Waals surface area contributed by atoms with Gasteiger partial charge in [0.15, 0.2) is 0 Å². The van der Waals surface area contributed by atoms with E-state index in [9.17, 15) is 4.79 Å². The molecule has 0 bridgehead atoms. The predicted molar refractivity (Wildman–Crippen MR) is 96.0 cm³/mol. The molecule has 1 saturated carbocycles. The zero-order valence-electron chi connectivity index (χ0n) is 14.8. The average Bonchev–Trinajstić information content (AvgIpc) is 2.54. The molecule has 1 fully saturated rings. The zero-order valence-corrected chi connectivity index (χ0v) is 14.8. The highest BCUT2D eigenvalue weighted by Crippen LogP contribution is 2.26. The Morgan fingerprint density at radius 2 is 2.22 bits per heavy atom. The standard InChI is InChI=1S/C19H30N2O2/c1-5-21(4)17-10-7-9-16(13-17)20-19(22)15(3)23-18-11-6-8-14(2)12-18/h7,9-10,13-15,18H,5-6,8,11-12H2,1-4H3,(H,20,22). The van der Waals surface area contributed by atoms with Gasteiger partial charge in [-0.05, 0) is 50.8 Å². The van der Waals surface area contributed by atoms with Crippen LogP contribution in [0.2, 0.25) is 0 Å². The molecule has 1 amide bonds. The number of hydrogen-bond acceptors (Lipinski definition) is 3.